The third kappa shape index (κ3) is 4.09. The molecule has 5 rings (SSSR count). The first-order valence-electron chi connectivity index (χ1n) is 10.3. The first kappa shape index (κ1) is 21.5. The molecular formula is C25H18ClF3N2O2. The number of hydrogen-bond donors (Lipinski definition) is 0. The van der Waals surface area contributed by atoms with E-state index in [2.05, 4.69) is 4.98 Å². The molecular weight excluding hydrogens is 453 g/mol. The van der Waals surface area contributed by atoms with Crippen LogP contribution in [0.4, 0.5) is 13.2 Å². The molecule has 168 valence electrons. The lowest BCUT2D eigenvalue weighted by Gasteiger charge is -2.17. The first-order valence-corrected chi connectivity index (χ1v) is 10.7. The Bertz CT molecular complexity index is 1420. The minimum absolute atomic E-state index is 0.0878. The van der Waals surface area contributed by atoms with E-state index in [9.17, 15) is 18.0 Å². The summed E-state index contributed by atoms with van der Waals surface area (Å²) in [6.45, 7) is 1.23. The number of amides is 1. The Morgan fingerprint density at radius 3 is 2.61 bits per heavy atom. The summed E-state index contributed by atoms with van der Waals surface area (Å²) in [5, 5.41) is 4.01. The Labute approximate surface area is 192 Å². The van der Waals surface area contributed by atoms with Crippen molar-refractivity contribution in [2.75, 3.05) is 6.61 Å². The van der Waals surface area contributed by atoms with Crippen LogP contribution in [-0.4, -0.2) is 28.6 Å². The molecule has 0 aliphatic carbocycles. The summed E-state index contributed by atoms with van der Waals surface area (Å²) in [5.41, 5.74) is 2.90. The van der Waals surface area contributed by atoms with Crippen molar-refractivity contribution in [1.82, 2.24) is 9.88 Å². The number of fused-ring (bicyclic) bond motifs is 3. The Balaban J connectivity index is 1.46. The predicted molar refractivity (Wildman–Crippen MR) is 121 cm³/mol. The molecule has 0 spiro atoms. The fraction of sp³-hybridized carbons (Fsp3) is 0.200. The lowest BCUT2D eigenvalue weighted by Crippen LogP contribution is -2.23. The van der Waals surface area contributed by atoms with Crippen LogP contribution in [0, 0.1) is 6.92 Å². The topological polar surface area (TPSA) is 42.4 Å². The molecule has 1 amide bonds. The van der Waals surface area contributed by atoms with Gasteiger partial charge in [0.1, 0.15) is 10.9 Å². The van der Waals surface area contributed by atoms with Crippen LogP contribution in [-0.2, 0) is 13.1 Å². The number of nitrogens with zero attached hydrogens (tertiary/aromatic N) is 2. The minimum atomic E-state index is -4.40. The van der Waals surface area contributed by atoms with Crippen molar-refractivity contribution < 1.29 is 22.7 Å². The van der Waals surface area contributed by atoms with Gasteiger partial charge in [0.2, 0.25) is 0 Å². The van der Waals surface area contributed by atoms with E-state index in [4.69, 9.17) is 16.3 Å². The fourth-order valence-corrected chi connectivity index (χ4v) is 4.48. The van der Waals surface area contributed by atoms with Gasteiger partial charge in [0.15, 0.2) is 6.61 Å². The molecule has 8 heteroatoms. The standard InChI is InChI=1S/C25H18ClF3N2O2/c1-14-20-10-18-8-15(11-31-12-21-19(24(31)32)6-7-30-23(21)26)2-3-16(18)9-17(20)4-5-22(14)33-13-25(27,28)29/h2-10H,11-13H2,1H3. The van der Waals surface area contributed by atoms with E-state index in [-0.39, 0.29) is 11.7 Å². The van der Waals surface area contributed by atoms with Gasteiger partial charge in [-0.1, -0.05) is 29.8 Å². The number of aryl methyl sites for hydroxylation is 1. The molecule has 4 aromatic rings. The van der Waals surface area contributed by atoms with Crippen molar-refractivity contribution in [3.05, 3.63) is 82.1 Å². The zero-order chi connectivity index (χ0) is 23.3. The van der Waals surface area contributed by atoms with Crippen LogP contribution in [0.1, 0.15) is 27.0 Å². The molecule has 33 heavy (non-hydrogen) atoms. The summed E-state index contributed by atoms with van der Waals surface area (Å²) in [7, 11) is 0. The molecule has 2 heterocycles. The van der Waals surface area contributed by atoms with Crippen molar-refractivity contribution in [2.24, 2.45) is 0 Å². The number of rotatable bonds is 4. The van der Waals surface area contributed by atoms with Crippen LogP contribution < -0.4 is 4.74 Å². The van der Waals surface area contributed by atoms with Gasteiger partial charge in [-0.3, -0.25) is 4.79 Å². The highest BCUT2D eigenvalue weighted by molar-refractivity contribution is 6.30. The van der Waals surface area contributed by atoms with E-state index in [1.54, 1.807) is 30.0 Å². The third-order valence-corrected chi connectivity index (χ3v) is 6.22. The van der Waals surface area contributed by atoms with E-state index in [0.717, 1.165) is 32.7 Å². The van der Waals surface area contributed by atoms with Crippen molar-refractivity contribution in [3.8, 4) is 5.75 Å². The monoisotopic (exact) mass is 470 g/mol. The maximum absolute atomic E-state index is 12.8. The second-order valence-corrected chi connectivity index (χ2v) is 8.49. The second kappa shape index (κ2) is 7.92. The van der Waals surface area contributed by atoms with Crippen molar-refractivity contribution >= 4 is 39.1 Å². The fourth-order valence-electron chi connectivity index (χ4n) is 4.26. The van der Waals surface area contributed by atoms with Gasteiger partial charge in [-0.2, -0.15) is 13.2 Å². The Hall–Kier alpha value is -3.32. The number of carbonyl (C=O) groups excluding carboxylic acids is 1. The number of carbonyl (C=O) groups is 1. The maximum Gasteiger partial charge on any atom is 0.422 e. The van der Waals surface area contributed by atoms with Crippen LogP contribution in [0.5, 0.6) is 5.75 Å². The normalized spacial score (nSPS) is 13.7. The van der Waals surface area contributed by atoms with Gasteiger partial charge >= 0.3 is 6.18 Å². The van der Waals surface area contributed by atoms with Gasteiger partial charge in [-0.15, -0.1) is 0 Å². The number of halogens is 4. The molecule has 1 aromatic heterocycles. The summed E-state index contributed by atoms with van der Waals surface area (Å²) in [6, 6.07) is 14.9. The molecule has 0 bridgehead atoms. The predicted octanol–water partition coefficient (Wildman–Crippen LogP) is 6.45. The SMILES string of the molecule is Cc1c(OCC(F)(F)F)ccc2cc3ccc(CN4Cc5c(ccnc5Cl)C4=O)cc3cc12. The summed E-state index contributed by atoms with van der Waals surface area (Å²) in [4.78, 5) is 18.5. The van der Waals surface area contributed by atoms with E-state index in [1.165, 1.54) is 6.20 Å². The number of benzene rings is 3. The van der Waals surface area contributed by atoms with Gasteiger partial charge < -0.3 is 9.64 Å². The van der Waals surface area contributed by atoms with E-state index in [1.807, 2.05) is 30.3 Å². The number of hydrogen-bond acceptors (Lipinski definition) is 3. The summed E-state index contributed by atoms with van der Waals surface area (Å²) in [5.74, 6) is 0.122. The van der Waals surface area contributed by atoms with Gasteiger partial charge in [-0.25, -0.2) is 4.98 Å². The number of ether oxygens (including phenoxy) is 1. The number of pyridine rings is 1. The van der Waals surface area contributed by atoms with E-state index in [0.29, 0.717) is 29.4 Å². The molecule has 0 N–H and O–H groups in total. The van der Waals surface area contributed by atoms with Gasteiger partial charge in [-0.05, 0) is 69.9 Å². The first-order chi connectivity index (χ1) is 15.7. The number of alkyl halides is 3. The average Bonchev–Trinajstić information content (AvgIpc) is 3.08. The molecule has 0 radical (unpaired) electrons. The maximum atomic E-state index is 12.8. The zero-order valence-electron chi connectivity index (χ0n) is 17.5. The van der Waals surface area contributed by atoms with E-state index < -0.39 is 12.8 Å². The van der Waals surface area contributed by atoms with Gasteiger partial charge in [0, 0.05) is 23.9 Å². The van der Waals surface area contributed by atoms with Gasteiger partial charge in [0.05, 0.1) is 6.54 Å². The molecule has 0 saturated carbocycles. The molecule has 1 aliphatic rings. The lowest BCUT2D eigenvalue weighted by molar-refractivity contribution is -0.153. The molecule has 4 nitrogen and oxygen atoms in total. The Kier molecular flexibility index (Phi) is 5.16. The van der Waals surface area contributed by atoms with Crippen LogP contribution >= 0.6 is 11.6 Å². The Morgan fingerprint density at radius 1 is 1.06 bits per heavy atom. The lowest BCUT2D eigenvalue weighted by atomic mass is 9.98. The van der Waals surface area contributed by atoms with Crippen molar-refractivity contribution in [3.63, 3.8) is 0 Å². The quantitative estimate of drug-likeness (QED) is 0.254. The molecule has 0 unspecified atom stereocenters. The summed E-state index contributed by atoms with van der Waals surface area (Å²) < 4.78 is 42.7. The number of aromatic nitrogens is 1. The van der Waals surface area contributed by atoms with Crippen molar-refractivity contribution in [2.45, 2.75) is 26.2 Å². The Morgan fingerprint density at radius 2 is 1.85 bits per heavy atom. The molecule has 0 fully saturated rings. The zero-order valence-corrected chi connectivity index (χ0v) is 18.3. The largest absolute Gasteiger partial charge is 0.484 e. The van der Waals surface area contributed by atoms with Crippen LogP contribution in [0.25, 0.3) is 21.5 Å². The highest BCUT2D eigenvalue weighted by Gasteiger charge is 2.30. The molecule has 1 aliphatic heterocycles. The van der Waals surface area contributed by atoms with E-state index >= 15 is 0 Å². The average molecular weight is 471 g/mol. The molecule has 3 aromatic carbocycles. The minimum Gasteiger partial charge on any atom is -0.484 e. The van der Waals surface area contributed by atoms with Crippen LogP contribution in [0.15, 0.2) is 54.7 Å². The highest BCUT2D eigenvalue weighted by atomic mass is 35.5. The second-order valence-electron chi connectivity index (χ2n) is 8.14. The summed E-state index contributed by atoms with van der Waals surface area (Å²) in [6.07, 6.45) is -2.87. The van der Waals surface area contributed by atoms with Crippen molar-refractivity contribution in [1.29, 1.82) is 0 Å². The van der Waals surface area contributed by atoms with Gasteiger partial charge in [0.25, 0.3) is 5.91 Å². The van der Waals surface area contributed by atoms with Crippen LogP contribution in [0.3, 0.4) is 0 Å². The molecule has 0 saturated heterocycles. The third-order valence-electron chi connectivity index (χ3n) is 5.90. The molecule has 0 atom stereocenters. The summed E-state index contributed by atoms with van der Waals surface area (Å²) >= 11 is 6.15. The van der Waals surface area contributed by atoms with Crippen LogP contribution in [0.2, 0.25) is 5.15 Å². The highest BCUT2D eigenvalue weighted by Crippen LogP contribution is 2.33. The smallest absolute Gasteiger partial charge is 0.422 e.